The third-order valence-electron chi connectivity index (χ3n) is 10.6. The Morgan fingerprint density at radius 3 is 0.981 bits per heavy atom. The van der Waals surface area contributed by atoms with Gasteiger partial charge in [0.1, 0.15) is 0 Å². The number of hydrogen-bond acceptors (Lipinski definition) is 3. The number of carbonyl (C=O) groups excluding carboxylic acids is 1. The maximum Gasteiger partial charge on any atom is 0.305 e. The van der Waals surface area contributed by atoms with E-state index in [9.17, 15) is 9.59 Å². The first-order valence-electron chi connectivity index (χ1n) is 23.3. The molecule has 0 aliphatic carbocycles. The van der Waals surface area contributed by atoms with Crippen molar-refractivity contribution in [1.29, 1.82) is 0 Å². The minimum Gasteiger partial charge on any atom is -0.481 e. The van der Waals surface area contributed by atoms with Crippen LogP contribution in [0.5, 0.6) is 0 Å². The minimum atomic E-state index is -0.655. The number of allylic oxidation sites excluding steroid dienone is 4. The summed E-state index contributed by atoms with van der Waals surface area (Å²) in [5, 5.41) is 8.66. The van der Waals surface area contributed by atoms with Crippen LogP contribution in [0.3, 0.4) is 0 Å². The Kier molecular flexibility index (Phi) is 44.2. The fourth-order valence-electron chi connectivity index (χ4n) is 7.10. The van der Waals surface area contributed by atoms with Gasteiger partial charge >= 0.3 is 11.9 Å². The highest BCUT2D eigenvalue weighted by molar-refractivity contribution is 5.69. The molecule has 4 heteroatoms. The molecule has 0 amide bonds. The fraction of sp³-hybridized carbons (Fsp3) is 0.875. The number of carboxylic acids is 1. The maximum atomic E-state index is 12.0. The van der Waals surface area contributed by atoms with Crippen molar-refractivity contribution >= 4 is 11.9 Å². The van der Waals surface area contributed by atoms with Gasteiger partial charge in [0.25, 0.3) is 0 Å². The van der Waals surface area contributed by atoms with Gasteiger partial charge in [0.2, 0.25) is 0 Å². The number of carboxylic acid groups (broad SMARTS) is 1. The molecule has 0 aromatic rings. The Hall–Kier alpha value is -1.58. The normalized spacial score (nSPS) is 11.7. The molecule has 0 spiro atoms. The number of hydrogen-bond donors (Lipinski definition) is 1. The van der Waals surface area contributed by atoms with Crippen LogP contribution in [0.25, 0.3) is 0 Å². The SMILES string of the molecule is CCCCCCCC/C=C\CCCCCC(=O)OCCCCCCCC/C=C\CCCCCCCCCCCCCCCCCCCCCC(=O)O. The first kappa shape index (κ1) is 50.4. The summed E-state index contributed by atoms with van der Waals surface area (Å²) in [4.78, 5) is 22.5. The molecule has 306 valence electrons. The van der Waals surface area contributed by atoms with Gasteiger partial charge in [0.15, 0.2) is 0 Å². The van der Waals surface area contributed by atoms with E-state index in [1.54, 1.807) is 0 Å². The molecule has 0 aliphatic rings. The molecular weight excluding hydrogens is 641 g/mol. The van der Waals surface area contributed by atoms with Crippen LogP contribution in [0.1, 0.15) is 264 Å². The Morgan fingerprint density at radius 1 is 0.365 bits per heavy atom. The van der Waals surface area contributed by atoms with Crippen LogP contribution in [0.15, 0.2) is 24.3 Å². The predicted molar refractivity (Wildman–Crippen MR) is 227 cm³/mol. The van der Waals surface area contributed by atoms with Crippen LogP contribution in [-0.4, -0.2) is 23.7 Å². The predicted octanol–water partition coefficient (Wildman–Crippen LogP) is 16.4. The van der Waals surface area contributed by atoms with Crippen molar-refractivity contribution in [3.8, 4) is 0 Å². The van der Waals surface area contributed by atoms with Gasteiger partial charge in [0.05, 0.1) is 6.61 Å². The van der Waals surface area contributed by atoms with Crippen molar-refractivity contribution in [3.63, 3.8) is 0 Å². The van der Waals surface area contributed by atoms with E-state index >= 15 is 0 Å². The zero-order chi connectivity index (χ0) is 37.7. The molecule has 0 unspecified atom stereocenters. The van der Waals surface area contributed by atoms with Crippen LogP contribution < -0.4 is 0 Å². The van der Waals surface area contributed by atoms with Crippen LogP contribution in [0, 0.1) is 0 Å². The number of unbranched alkanes of at least 4 members (excludes halogenated alkanes) is 34. The van der Waals surface area contributed by atoms with E-state index in [0.29, 0.717) is 19.4 Å². The summed E-state index contributed by atoms with van der Waals surface area (Å²) < 4.78 is 5.45. The smallest absolute Gasteiger partial charge is 0.305 e. The first-order valence-corrected chi connectivity index (χ1v) is 23.3. The summed E-state index contributed by atoms with van der Waals surface area (Å²) in [6, 6.07) is 0. The summed E-state index contributed by atoms with van der Waals surface area (Å²) >= 11 is 0. The molecule has 0 saturated carbocycles. The largest absolute Gasteiger partial charge is 0.481 e. The van der Waals surface area contributed by atoms with Crippen molar-refractivity contribution in [2.24, 2.45) is 0 Å². The van der Waals surface area contributed by atoms with Crippen molar-refractivity contribution < 1.29 is 19.4 Å². The molecule has 0 saturated heterocycles. The highest BCUT2D eigenvalue weighted by Crippen LogP contribution is 2.16. The van der Waals surface area contributed by atoms with E-state index < -0.39 is 5.97 Å². The molecule has 0 aromatic heterocycles. The molecule has 0 heterocycles. The van der Waals surface area contributed by atoms with E-state index in [-0.39, 0.29) is 5.97 Å². The van der Waals surface area contributed by atoms with Gasteiger partial charge in [-0.1, -0.05) is 205 Å². The quantitative estimate of drug-likeness (QED) is 0.0385. The third kappa shape index (κ3) is 46.4. The summed E-state index contributed by atoms with van der Waals surface area (Å²) in [6.45, 7) is 2.88. The molecule has 52 heavy (non-hydrogen) atoms. The van der Waals surface area contributed by atoms with Crippen molar-refractivity contribution in [1.82, 2.24) is 0 Å². The van der Waals surface area contributed by atoms with Gasteiger partial charge in [-0.2, -0.15) is 0 Å². The van der Waals surface area contributed by atoms with Gasteiger partial charge in [0, 0.05) is 12.8 Å². The second-order valence-corrected chi connectivity index (χ2v) is 15.9. The molecule has 0 bridgehead atoms. The number of rotatable bonds is 44. The molecule has 0 atom stereocenters. The Labute approximate surface area is 325 Å². The molecule has 4 nitrogen and oxygen atoms in total. The zero-order valence-electron chi connectivity index (χ0n) is 35.0. The second kappa shape index (κ2) is 45.6. The van der Waals surface area contributed by atoms with E-state index in [4.69, 9.17) is 9.84 Å². The van der Waals surface area contributed by atoms with E-state index in [1.807, 2.05) is 0 Å². The summed E-state index contributed by atoms with van der Waals surface area (Å²) in [7, 11) is 0. The first-order chi connectivity index (χ1) is 25.7. The highest BCUT2D eigenvalue weighted by atomic mass is 16.5. The maximum absolute atomic E-state index is 12.0. The number of carbonyl (C=O) groups is 2. The Bertz CT molecular complexity index is 772. The lowest BCUT2D eigenvalue weighted by Crippen LogP contribution is -2.05. The van der Waals surface area contributed by atoms with E-state index in [0.717, 1.165) is 38.5 Å². The van der Waals surface area contributed by atoms with Gasteiger partial charge in [-0.3, -0.25) is 9.59 Å². The van der Waals surface area contributed by atoms with Gasteiger partial charge in [-0.15, -0.1) is 0 Å². The molecule has 0 aromatic carbocycles. The van der Waals surface area contributed by atoms with Gasteiger partial charge in [-0.25, -0.2) is 0 Å². The van der Waals surface area contributed by atoms with Crippen LogP contribution in [0.2, 0.25) is 0 Å². The lowest BCUT2D eigenvalue weighted by Gasteiger charge is -2.05. The summed E-state index contributed by atoms with van der Waals surface area (Å²) in [5.74, 6) is -0.657. The molecular formula is C48H90O4. The lowest BCUT2D eigenvalue weighted by atomic mass is 10.0. The highest BCUT2D eigenvalue weighted by Gasteiger charge is 2.02. The average Bonchev–Trinajstić information content (AvgIpc) is 3.13. The Balaban J connectivity index is 3.20. The number of esters is 1. The van der Waals surface area contributed by atoms with Crippen LogP contribution in [-0.2, 0) is 14.3 Å². The van der Waals surface area contributed by atoms with Crippen LogP contribution in [0.4, 0.5) is 0 Å². The second-order valence-electron chi connectivity index (χ2n) is 15.9. The molecule has 0 fully saturated rings. The molecule has 0 aliphatic heterocycles. The lowest BCUT2D eigenvalue weighted by molar-refractivity contribution is -0.144. The number of ether oxygens (including phenoxy) is 1. The minimum absolute atomic E-state index is 0.00223. The average molecular weight is 731 g/mol. The summed E-state index contributed by atoms with van der Waals surface area (Å²) in [6.07, 6.45) is 59.5. The topological polar surface area (TPSA) is 63.6 Å². The third-order valence-corrected chi connectivity index (χ3v) is 10.6. The zero-order valence-corrected chi connectivity index (χ0v) is 35.0. The monoisotopic (exact) mass is 731 g/mol. The van der Waals surface area contributed by atoms with Gasteiger partial charge < -0.3 is 9.84 Å². The van der Waals surface area contributed by atoms with Crippen LogP contribution >= 0.6 is 0 Å². The van der Waals surface area contributed by atoms with Crippen molar-refractivity contribution in [3.05, 3.63) is 24.3 Å². The van der Waals surface area contributed by atoms with Gasteiger partial charge in [-0.05, 0) is 70.6 Å². The van der Waals surface area contributed by atoms with E-state index in [2.05, 4.69) is 31.2 Å². The summed E-state index contributed by atoms with van der Waals surface area (Å²) in [5.41, 5.74) is 0. The molecule has 0 rings (SSSR count). The van der Waals surface area contributed by atoms with Crippen molar-refractivity contribution in [2.45, 2.75) is 264 Å². The number of aliphatic carboxylic acids is 1. The Morgan fingerprint density at radius 2 is 0.635 bits per heavy atom. The van der Waals surface area contributed by atoms with Crippen molar-refractivity contribution in [2.75, 3.05) is 6.61 Å². The fourth-order valence-corrected chi connectivity index (χ4v) is 7.10. The molecule has 1 N–H and O–H groups in total. The van der Waals surface area contributed by atoms with E-state index in [1.165, 1.54) is 205 Å². The standard InChI is InChI=1S/C48H90O4/c1-2-3-4-5-6-7-8-26-30-33-36-39-42-45-48(51)52-46-43-40-37-34-31-28-25-23-21-19-17-15-13-11-9-10-12-14-16-18-20-22-24-27-29-32-35-38-41-44-47(49)50/h21,23,26,30H,2-20,22,24-25,27-29,31-46H2,1H3,(H,49,50)/b23-21-,30-26-. The molecule has 0 radical (unpaired) electrons.